The van der Waals surface area contributed by atoms with Crippen molar-refractivity contribution in [1.82, 2.24) is 15.1 Å². The van der Waals surface area contributed by atoms with E-state index in [1.54, 1.807) is 18.7 Å². The van der Waals surface area contributed by atoms with Crippen LogP contribution < -0.4 is 5.32 Å². The van der Waals surface area contributed by atoms with Crippen molar-refractivity contribution in [2.24, 2.45) is 0 Å². The van der Waals surface area contributed by atoms with Gasteiger partial charge in [-0.3, -0.25) is 4.68 Å². The number of benzene rings is 1. The van der Waals surface area contributed by atoms with E-state index in [1.807, 2.05) is 6.92 Å². The van der Waals surface area contributed by atoms with E-state index in [0.717, 1.165) is 6.42 Å². The lowest BCUT2D eigenvalue weighted by molar-refractivity contribution is 0.486. The first-order valence-electron chi connectivity index (χ1n) is 6.84. The van der Waals surface area contributed by atoms with Gasteiger partial charge in [-0.2, -0.15) is 5.10 Å². The van der Waals surface area contributed by atoms with E-state index in [0.29, 0.717) is 22.8 Å². The summed E-state index contributed by atoms with van der Waals surface area (Å²) >= 11 is 6.18. The van der Waals surface area contributed by atoms with Gasteiger partial charge in [0.2, 0.25) is 0 Å². The van der Waals surface area contributed by atoms with E-state index < -0.39 is 17.7 Å². The van der Waals surface area contributed by atoms with Gasteiger partial charge in [0.05, 0.1) is 23.0 Å². The lowest BCUT2D eigenvalue weighted by atomic mass is 9.99. The topological polar surface area (TPSA) is 29.9 Å². The molecule has 0 saturated carbocycles. The molecule has 21 heavy (non-hydrogen) atoms. The van der Waals surface area contributed by atoms with Crippen molar-refractivity contribution in [1.29, 1.82) is 0 Å². The van der Waals surface area contributed by atoms with Gasteiger partial charge in [-0.1, -0.05) is 24.6 Å². The molecule has 0 aliphatic heterocycles. The summed E-state index contributed by atoms with van der Waals surface area (Å²) in [5, 5.41) is 7.52. The summed E-state index contributed by atoms with van der Waals surface area (Å²) in [6, 6.07) is 2.00. The van der Waals surface area contributed by atoms with Gasteiger partial charge in [-0.15, -0.1) is 0 Å². The molecule has 1 aromatic carbocycles. The molecule has 6 heteroatoms. The Morgan fingerprint density at radius 1 is 1.38 bits per heavy atom. The summed E-state index contributed by atoms with van der Waals surface area (Å²) in [5.74, 6) is -1.16. The van der Waals surface area contributed by atoms with E-state index in [4.69, 9.17) is 11.6 Å². The molecule has 2 aromatic rings. The number of aryl methyl sites for hydroxylation is 2. The Hall–Kier alpha value is -1.46. The molecule has 0 aliphatic carbocycles. The Morgan fingerprint density at radius 3 is 2.71 bits per heavy atom. The molecule has 0 amide bonds. The Labute approximate surface area is 127 Å². The first-order chi connectivity index (χ1) is 10.0. The fourth-order valence-electron chi connectivity index (χ4n) is 2.41. The zero-order chi connectivity index (χ0) is 15.6. The minimum atomic E-state index is -0.688. The summed E-state index contributed by atoms with van der Waals surface area (Å²) in [4.78, 5) is 0. The predicted molar refractivity (Wildman–Crippen MR) is 79.5 cm³/mol. The molecule has 0 saturated heterocycles. The number of aromatic nitrogens is 2. The molecule has 1 atom stereocenters. The maximum Gasteiger partial charge on any atom is 0.134 e. The first kappa shape index (κ1) is 15.9. The number of nitrogens with one attached hydrogen (secondary N) is 1. The second kappa shape index (κ2) is 6.54. The maximum absolute atomic E-state index is 14.4. The quantitative estimate of drug-likeness (QED) is 0.909. The highest BCUT2D eigenvalue weighted by Gasteiger charge is 2.27. The fourth-order valence-corrected chi connectivity index (χ4v) is 2.66. The van der Waals surface area contributed by atoms with E-state index in [9.17, 15) is 8.78 Å². The number of halogens is 3. The monoisotopic (exact) mass is 313 g/mol. The minimum absolute atomic E-state index is 0.0303. The molecule has 1 aromatic heterocycles. The first-order valence-corrected chi connectivity index (χ1v) is 7.22. The van der Waals surface area contributed by atoms with E-state index >= 15 is 0 Å². The van der Waals surface area contributed by atoms with Crippen LogP contribution in [0.25, 0.3) is 0 Å². The Kier molecular flexibility index (Phi) is 4.96. The molecule has 1 N–H and O–H groups in total. The van der Waals surface area contributed by atoms with Gasteiger partial charge in [0, 0.05) is 12.1 Å². The molecular weight excluding hydrogens is 296 g/mol. The van der Waals surface area contributed by atoms with Crippen LogP contribution in [0.2, 0.25) is 5.02 Å². The molecule has 2 rings (SSSR count). The van der Waals surface area contributed by atoms with Crippen LogP contribution in [0.5, 0.6) is 0 Å². The Bertz CT molecular complexity index is 640. The summed E-state index contributed by atoms with van der Waals surface area (Å²) in [7, 11) is 1.64. The highest BCUT2D eigenvalue weighted by molar-refractivity contribution is 6.31. The van der Waals surface area contributed by atoms with Gasteiger partial charge in [0.1, 0.15) is 11.6 Å². The second-order valence-corrected chi connectivity index (χ2v) is 5.32. The van der Waals surface area contributed by atoms with Crippen LogP contribution in [0.1, 0.15) is 36.2 Å². The summed E-state index contributed by atoms with van der Waals surface area (Å²) in [6.45, 7) is 4.24. The highest BCUT2D eigenvalue weighted by Crippen LogP contribution is 2.32. The Morgan fingerprint density at radius 2 is 2.10 bits per heavy atom. The normalized spacial score (nSPS) is 12.7. The third-order valence-corrected chi connectivity index (χ3v) is 3.73. The lowest BCUT2D eigenvalue weighted by Crippen LogP contribution is -2.24. The number of rotatable bonds is 5. The predicted octanol–water partition coefficient (Wildman–Crippen LogP) is 3.84. The van der Waals surface area contributed by atoms with Crippen molar-refractivity contribution in [3.8, 4) is 0 Å². The van der Waals surface area contributed by atoms with Crippen LogP contribution >= 0.6 is 11.6 Å². The van der Waals surface area contributed by atoms with Crippen molar-refractivity contribution in [3.63, 3.8) is 0 Å². The third kappa shape index (κ3) is 2.94. The van der Waals surface area contributed by atoms with Gasteiger partial charge in [-0.05, 0) is 32.0 Å². The summed E-state index contributed by atoms with van der Waals surface area (Å²) in [6.07, 6.45) is 2.35. The van der Waals surface area contributed by atoms with Crippen molar-refractivity contribution < 1.29 is 8.78 Å². The van der Waals surface area contributed by atoms with E-state index in [2.05, 4.69) is 10.4 Å². The molecule has 0 radical (unpaired) electrons. The van der Waals surface area contributed by atoms with Gasteiger partial charge >= 0.3 is 0 Å². The van der Waals surface area contributed by atoms with Crippen LogP contribution in [0, 0.1) is 18.6 Å². The lowest BCUT2D eigenvalue weighted by Gasteiger charge is -2.21. The molecule has 1 heterocycles. The molecule has 0 fully saturated rings. The van der Waals surface area contributed by atoms with Gasteiger partial charge in [0.15, 0.2) is 0 Å². The zero-order valence-corrected chi connectivity index (χ0v) is 13.0. The van der Waals surface area contributed by atoms with Crippen molar-refractivity contribution >= 4 is 11.6 Å². The summed E-state index contributed by atoms with van der Waals surface area (Å²) in [5.41, 5.74) is 0.936. The number of hydrogen-bond donors (Lipinski definition) is 1. The average molecular weight is 314 g/mol. The van der Waals surface area contributed by atoms with Crippen molar-refractivity contribution in [2.75, 3.05) is 7.05 Å². The largest absolute Gasteiger partial charge is 0.308 e. The van der Waals surface area contributed by atoms with E-state index in [-0.39, 0.29) is 5.56 Å². The molecular formula is C15H18ClF2N3. The second-order valence-electron chi connectivity index (χ2n) is 4.91. The standard InChI is InChI=1S/C15H18ClF2N3/c1-4-7-21-15(10(16)8-20-21)14(19-3)12-11(17)6-5-9(2)13(12)18/h5-6,8,14,19H,4,7H2,1-3H3. The van der Waals surface area contributed by atoms with Crippen molar-refractivity contribution in [3.05, 3.63) is 51.8 Å². The molecule has 0 spiro atoms. The van der Waals surface area contributed by atoms with Gasteiger partial charge < -0.3 is 5.32 Å². The fraction of sp³-hybridized carbons (Fsp3) is 0.400. The maximum atomic E-state index is 14.4. The Balaban J connectivity index is 2.60. The number of nitrogens with zero attached hydrogens (tertiary/aromatic N) is 2. The van der Waals surface area contributed by atoms with Crippen LogP contribution in [0.3, 0.4) is 0 Å². The molecule has 3 nitrogen and oxygen atoms in total. The molecule has 1 unspecified atom stereocenters. The highest BCUT2D eigenvalue weighted by atomic mass is 35.5. The average Bonchev–Trinajstić information content (AvgIpc) is 2.81. The SMILES string of the molecule is CCCn1ncc(Cl)c1C(NC)c1c(F)ccc(C)c1F. The van der Waals surface area contributed by atoms with Gasteiger partial charge in [0.25, 0.3) is 0 Å². The molecule has 0 aliphatic rings. The van der Waals surface area contributed by atoms with Crippen LogP contribution in [-0.2, 0) is 6.54 Å². The van der Waals surface area contributed by atoms with Crippen LogP contribution in [0.4, 0.5) is 8.78 Å². The number of hydrogen-bond acceptors (Lipinski definition) is 2. The van der Waals surface area contributed by atoms with Crippen LogP contribution in [-0.4, -0.2) is 16.8 Å². The molecule has 0 bridgehead atoms. The molecule has 114 valence electrons. The smallest absolute Gasteiger partial charge is 0.134 e. The van der Waals surface area contributed by atoms with E-state index in [1.165, 1.54) is 18.3 Å². The third-order valence-electron chi connectivity index (χ3n) is 3.44. The van der Waals surface area contributed by atoms with Crippen molar-refractivity contribution in [2.45, 2.75) is 32.9 Å². The van der Waals surface area contributed by atoms with Crippen LogP contribution in [0.15, 0.2) is 18.3 Å². The summed E-state index contributed by atoms with van der Waals surface area (Å²) < 4.78 is 30.2. The minimum Gasteiger partial charge on any atom is -0.308 e. The zero-order valence-electron chi connectivity index (χ0n) is 12.3. The van der Waals surface area contributed by atoms with Gasteiger partial charge in [-0.25, -0.2) is 8.78 Å².